The van der Waals surface area contributed by atoms with Gasteiger partial charge in [0.25, 0.3) is 0 Å². The van der Waals surface area contributed by atoms with Crippen LogP contribution in [0.2, 0.25) is 0 Å². The molecule has 0 aliphatic heterocycles. The Morgan fingerprint density at radius 2 is 1.79 bits per heavy atom. The van der Waals surface area contributed by atoms with E-state index in [9.17, 15) is 0 Å². The van der Waals surface area contributed by atoms with Crippen molar-refractivity contribution in [1.29, 1.82) is 0 Å². The van der Waals surface area contributed by atoms with E-state index in [4.69, 9.17) is 0 Å². The Bertz CT molecular complexity index is 127. The Balaban J connectivity index is 3.71. The summed E-state index contributed by atoms with van der Waals surface area (Å²) in [5.41, 5.74) is 0. The number of hydrogen-bond donors (Lipinski definition) is 0. The van der Waals surface area contributed by atoms with Crippen molar-refractivity contribution in [1.82, 2.24) is 4.90 Å². The van der Waals surface area contributed by atoms with Gasteiger partial charge in [-0.05, 0) is 45.2 Å². The molecule has 0 fully saturated rings. The van der Waals surface area contributed by atoms with Crippen molar-refractivity contribution < 1.29 is 0 Å². The molecule has 0 heterocycles. The second kappa shape index (κ2) is 8.72. The van der Waals surface area contributed by atoms with Gasteiger partial charge in [-0.3, -0.25) is 0 Å². The van der Waals surface area contributed by atoms with Crippen LogP contribution < -0.4 is 0 Å². The maximum absolute atomic E-state index is 3.50. The zero-order valence-electron chi connectivity index (χ0n) is 10.2. The molecule has 0 radical (unpaired) electrons. The third-order valence-corrected chi connectivity index (χ3v) is 3.59. The van der Waals surface area contributed by atoms with Gasteiger partial charge < -0.3 is 4.90 Å². The topological polar surface area (TPSA) is 3.24 Å². The Hall–Kier alpha value is 0.440. The minimum atomic E-state index is 0.746. The molecule has 0 aromatic rings. The molecule has 0 N–H and O–H groups in total. The van der Waals surface area contributed by atoms with Crippen molar-refractivity contribution >= 4 is 15.9 Å². The number of alkyl halides is 1. The second-order valence-electron chi connectivity index (χ2n) is 4.26. The van der Waals surface area contributed by atoms with E-state index in [0.717, 1.165) is 17.3 Å². The van der Waals surface area contributed by atoms with Gasteiger partial charge in [-0.15, -0.1) is 0 Å². The van der Waals surface area contributed by atoms with E-state index < -0.39 is 0 Å². The fourth-order valence-electron chi connectivity index (χ4n) is 1.67. The fraction of sp³-hybridized carbons (Fsp3) is 1.00. The molecular formula is C12H26BrN. The standard InChI is InChI=1S/C12H26BrN/c1-5-12(4)14(6-2)10-8-11(3)7-9-13/h11-12H,5-10H2,1-4H3. The molecule has 2 unspecified atom stereocenters. The Labute approximate surface area is 98.4 Å². The molecule has 14 heavy (non-hydrogen) atoms. The van der Waals surface area contributed by atoms with E-state index in [1.165, 1.54) is 32.4 Å². The summed E-state index contributed by atoms with van der Waals surface area (Å²) in [6, 6.07) is 0.746. The van der Waals surface area contributed by atoms with Crippen LogP contribution in [0.25, 0.3) is 0 Å². The molecule has 86 valence electrons. The van der Waals surface area contributed by atoms with Crippen LogP contribution in [0.3, 0.4) is 0 Å². The quantitative estimate of drug-likeness (QED) is 0.601. The van der Waals surface area contributed by atoms with Crippen LogP contribution in [-0.2, 0) is 0 Å². The molecule has 0 saturated heterocycles. The Kier molecular flexibility index (Phi) is 9.00. The van der Waals surface area contributed by atoms with Gasteiger partial charge in [-0.25, -0.2) is 0 Å². The largest absolute Gasteiger partial charge is 0.301 e. The van der Waals surface area contributed by atoms with E-state index in [1.807, 2.05) is 0 Å². The molecule has 0 aliphatic carbocycles. The van der Waals surface area contributed by atoms with E-state index in [0.29, 0.717) is 0 Å². The van der Waals surface area contributed by atoms with Crippen molar-refractivity contribution in [3.63, 3.8) is 0 Å². The number of hydrogen-bond acceptors (Lipinski definition) is 1. The average Bonchev–Trinajstić information content (AvgIpc) is 2.18. The highest BCUT2D eigenvalue weighted by molar-refractivity contribution is 9.09. The van der Waals surface area contributed by atoms with Gasteiger partial charge in [0.05, 0.1) is 0 Å². The molecule has 2 heteroatoms. The lowest BCUT2D eigenvalue weighted by Gasteiger charge is -2.28. The first-order chi connectivity index (χ1) is 6.65. The van der Waals surface area contributed by atoms with Crippen LogP contribution in [0.5, 0.6) is 0 Å². The summed E-state index contributed by atoms with van der Waals surface area (Å²) in [6.45, 7) is 11.7. The van der Waals surface area contributed by atoms with E-state index in [-0.39, 0.29) is 0 Å². The molecule has 0 saturated carbocycles. The average molecular weight is 264 g/mol. The highest BCUT2D eigenvalue weighted by Gasteiger charge is 2.10. The molecule has 0 amide bonds. The monoisotopic (exact) mass is 263 g/mol. The zero-order valence-corrected chi connectivity index (χ0v) is 11.8. The molecule has 2 atom stereocenters. The molecule has 0 bridgehead atoms. The molecular weight excluding hydrogens is 238 g/mol. The lowest BCUT2D eigenvalue weighted by atomic mass is 10.0. The molecule has 0 aromatic carbocycles. The highest BCUT2D eigenvalue weighted by Crippen LogP contribution is 2.12. The summed E-state index contributed by atoms with van der Waals surface area (Å²) in [5, 5.41) is 1.14. The number of nitrogens with zero attached hydrogens (tertiary/aromatic N) is 1. The van der Waals surface area contributed by atoms with Crippen LogP contribution in [0.15, 0.2) is 0 Å². The predicted octanol–water partition coefficient (Wildman–Crippen LogP) is 3.92. The molecule has 0 aromatic heterocycles. The first-order valence-corrected chi connectivity index (χ1v) is 7.07. The maximum atomic E-state index is 3.50. The minimum absolute atomic E-state index is 0.746. The summed E-state index contributed by atoms with van der Waals surface area (Å²) >= 11 is 3.50. The van der Waals surface area contributed by atoms with Crippen LogP contribution in [-0.4, -0.2) is 29.4 Å². The molecule has 1 nitrogen and oxygen atoms in total. The van der Waals surface area contributed by atoms with Gasteiger partial charge in [-0.1, -0.05) is 36.7 Å². The van der Waals surface area contributed by atoms with Gasteiger partial charge in [0.1, 0.15) is 0 Å². The maximum Gasteiger partial charge on any atom is 0.00641 e. The smallest absolute Gasteiger partial charge is 0.00641 e. The normalized spacial score (nSPS) is 15.9. The Morgan fingerprint density at radius 3 is 2.21 bits per heavy atom. The first kappa shape index (κ1) is 14.4. The molecule has 0 aliphatic rings. The van der Waals surface area contributed by atoms with Crippen molar-refractivity contribution in [3.05, 3.63) is 0 Å². The van der Waals surface area contributed by atoms with E-state index in [2.05, 4.69) is 48.5 Å². The summed E-state index contributed by atoms with van der Waals surface area (Å²) in [7, 11) is 0. The van der Waals surface area contributed by atoms with Crippen molar-refractivity contribution in [2.24, 2.45) is 5.92 Å². The third-order valence-electron chi connectivity index (χ3n) is 3.13. The zero-order chi connectivity index (χ0) is 11.0. The van der Waals surface area contributed by atoms with Crippen LogP contribution in [0.1, 0.15) is 47.0 Å². The van der Waals surface area contributed by atoms with E-state index >= 15 is 0 Å². The lowest BCUT2D eigenvalue weighted by Crippen LogP contribution is -2.34. The Morgan fingerprint density at radius 1 is 1.14 bits per heavy atom. The lowest BCUT2D eigenvalue weighted by molar-refractivity contribution is 0.201. The van der Waals surface area contributed by atoms with Gasteiger partial charge in [0.2, 0.25) is 0 Å². The fourth-order valence-corrected chi connectivity index (χ4v) is 2.45. The molecule has 0 spiro atoms. The van der Waals surface area contributed by atoms with Crippen molar-refractivity contribution in [3.8, 4) is 0 Å². The number of rotatable bonds is 8. The molecule has 0 rings (SSSR count). The predicted molar refractivity (Wildman–Crippen MR) is 69.2 cm³/mol. The van der Waals surface area contributed by atoms with Gasteiger partial charge in [-0.2, -0.15) is 0 Å². The van der Waals surface area contributed by atoms with E-state index in [1.54, 1.807) is 0 Å². The van der Waals surface area contributed by atoms with Crippen LogP contribution >= 0.6 is 15.9 Å². The SMILES string of the molecule is CCC(C)N(CC)CCC(C)CCBr. The van der Waals surface area contributed by atoms with Crippen molar-refractivity contribution in [2.75, 3.05) is 18.4 Å². The van der Waals surface area contributed by atoms with Crippen LogP contribution in [0, 0.1) is 5.92 Å². The third kappa shape index (κ3) is 6.02. The summed E-state index contributed by atoms with van der Waals surface area (Å²) in [6.07, 6.45) is 3.91. The van der Waals surface area contributed by atoms with Gasteiger partial charge in [0.15, 0.2) is 0 Å². The van der Waals surface area contributed by atoms with Gasteiger partial charge >= 0.3 is 0 Å². The van der Waals surface area contributed by atoms with Crippen molar-refractivity contribution in [2.45, 2.75) is 53.0 Å². The summed E-state index contributed by atoms with van der Waals surface area (Å²) in [4.78, 5) is 2.59. The summed E-state index contributed by atoms with van der Waals surface area (Å²) in [5.74, 6) is 0.854. The summed E-state index contributed by atoms with van der Waals surface area (Å²) < 4.78 is 0. The second-order valence-corrected chi connectivity index (χ2v) is 5.05. The minimum Gasteiger partial charge on any atom is -0.301 e. The van der Waals surface area contributed by atoms with Crippen LogP contribution in [0.4, 0.5) is 0 Å². The van der Waals surface area contributed by atoms with Gasteiger partial charge in [0, 0.05) is 11.4 Å². The first-order valence-electron chi connectivity index (χ1n) is 5.95. The highest BCUT2D eigenvalue weighted by atomic mass is 79.9. The number of halogens is 1.